The number of ether oxygens (including phenoxy) is 2. The van der Waals surface area contributed by atoms with Crippen molar-refractivity contribution in [3.63, 3.8) is 0 Å². The second kappa shape index (κ2) is 9.43. The Hall–Kier alpha value is -2.67. The molecule has 1 saturated heterocycles. The molecule has 0 atom stereocenters. The summed E-state index contributed by atoms with van der Waals surface area (Å²) in [5.41, 5.74) is 3.67. The van der Waals surface area contributed by atoms with Gasteiger partial charge >= 0.3 is 6.01 Å². The molecule has 1 amide bonds. The van der Waals surface area contributed by atoms with Gasteiger partial charge in [-0.2, -0.15) is 0 Å². The highest BCUT2D eigenvalue weighted by Gasteiger charge is 2.25. The summed E-state index contributed by atoms with van der Waals surface area (Å²) in [5, 5.41) is 3.18. The fourth-order valence-corrected chi connectivity index (χ4v) is 4.13. The third-order valence-electron chi connectivity index (χ3n) is 5.75. The molecular weight excluding hydrogens is 380 g/mol. The van der Waals surface area contributed by atoms with Crippen molar-refractivity contribution in [2.45, 2.75) is 51.7 Å². The lowest BCUT2D eigenvalue weighted by molar-refractivity contribution is 0.0884. The highest BCUT2D eigenvalue weighted by Crippen LogP contribution is 2.23. The lowest BCUT2D eigenvalue weighted by Gasteiger charge is -2.29. The van der Waals surface area contributed by atoms with E-state index in [0.29, 0.717) is 11.6 Å². The molecule has 4 rings (SSSR count). The van der Waals surface area contributed by atoms with Crippen molar-refractivity contribution in [1.82, 2.24) is 15.3 Å². The van der Waals surface area contributed by atoms with Crippen LogP contribution in [0.25, 0.3) is 0 Å². The van der Waals surface area contributed by atoms with Crippen molar-refractivity contribution < 1.29 is 14.3 Å². The summed E-state index contributed by atoms with van der Waals surface area (Å²) in [5.74, 6) is -0.00876. The van der Waals surface area contributed by atoms with Crippen molar-refractivity contribution >= 4 is 11.6 Å². The molecular formula is C23H30N4O3. The number of carbonyl (C=O) groups excluding carboxylic acids is 1. The second-order valence-corrected chi connectivity index (χ2v) is 8.14. The van der Waals surface area contributed by atoms with Crippen LogP contribution in [-0.2, 0) is 4.74 Å². The topological polar surface area (TPSA) is 76.6 Å². The van der Waals surface area contributed by atoms with E-state index in [9.17, 15) is 4.79 Å². The molecule has 1 aliphatic carbocycles. The molecule has 0 bridgehead atoms. The maximum absolute atomic E-state index is 12.7. The average molecular weight is 411 g/mol. The summed E-state index contributed by atoms with van der Waals surface area (Å²) < 4.78 is 11.4. The number of hydrogen-bond acceptors (Lipinski definition) is 6. The van der Waals surface area contributed by atoms with E-state index in [1.165, 1.54) is 0 Å². The summed E-state index contributed by atoms with van der Waals surface area (Å²) in [6.45, 7) is 7.19. The van der Waals surface area contributed by atoms with Gasteiger partial charge in [-0.1, -0.05) is 0 Å². The van der Waals surface area contributed by atoms with E-state index < -0.39 is 0 Å². The van der Waals surface area contributed by atoms with Gasteiger partial charge in [0.15, 0.2) is 0 Å². The lowest BCUT2D eigenvalue weighted by atomic mass is 9.92. The third-order valence-corrected chi connectivity index (χ3v) is 5.75. The van der Waals surface area contributed by atoms with E-state index in [0.717, 1.165) is 69.1 Å². The van der Waals surface area contributed by atoms with E-state index in [4.69, 9.17) is 9.47 Å². The zero-order valence-corrected chi connectivity index (χ0v) is 17.8. The molecule has 2 aliphatic rings. The molecule has 2 heterocycles. The first kappa shape index (κ1) is 20.6. The van der Waals surface area contributed by atoms with Crippen LogP contribution in [0.3, 0.4) is 0 Å². The second-order valence-electron chi connectivity index (χ2n) is 8.14. The smallest absolute Gasteiger partial charge is 0.317 e. The van der Waals surface area contributed by atoms with Crippen molar-refractivity contribution in [2.75, 3.05) is 31.2 Å². The Morgan fingerprint density at radius 3 is 2.30 bits per heavy atom. The Labute approximate surface area is 177 Å². The first-order valence-corrected chi connectivity index (χ1v) is 10.8. The number of hydrogen-bond donors (Lipinski definition) is 1. The molecule has 1 aliphatic heterocycles. The minimum atomic E-state index is -0.00876. The molecule has 1 N–H and O–H groups in total. The number of amides is 1. The predicted octanol–water partition coefficient (Wildman–Crippen LogP) is 3.05. The fraction of sp³-hybridized carbons (Fsp3) is 0.522. The molecule has 2 fully saturated rings. The van der Waals surface area contributed by atoms with Gasteiger partial charge in [-0.15, -0.1) is 0 Å². The average Bonchev–Trinajstić information content (AvgIpc) is 2.75. The van der Waals surface area contributed by atoms with E-state index in [2.05, 4.69) is 20.2 Å². The molecule has 1 aromatic carbocycles. The largest absolute Gasteiger partial charge is 0.460 e. The van der Waals surface area contributed by atoms with Crippen molar-refractivity contribution in [1.29, 1.82) is 0 Å². The van der Waals surface area contributed by atoms with Crippen molar-refractivity contribution in [3.05, 3.63) is 47.3 Å². The van der Waals surface area contributed by atoms with Crippen LogP contribution in [0.2, 0.25) is 0 Å². The van der Waals surface area contributed by atoms with Gasteiger partial charge < -0.3 is 19.7 Å². The molecule has 7 heteroatoms. The Kier molecular flexibility index (Phi) is 6.47. The van der Waals surface area contributed by atoms with E-state index in [1.807, 2.05) is 44.2 Å². The van der Waals surface area contributed by atoms with Crippen LogP contribution < -0.4 is 15.0 Å². The minimum Gasteiger partial charge on any atom is -0.460 e. The molecule has 160 valence electrons. The molecule has 2 aromatic rings. The van der Waals surface area contributed by atoms with Crippen LogP contribution in [0.5, 0.6) is 6.01 Å². The van der Waals surface area contributed by atoms with Gasteiger partial charge in [0.2, 0.25) is 0 Å². The maximum atomic E-state index is 12.7. The van der Waals surface area contributed by atoms with Gasteiger partial charge in [-0.3, -0.25) is 4.79 Å². The summed E-state index contributed by atoms with van der Waals surface area (Å²) in [6.07, 6.45) is 3.67. The summed E-state index contributed by atoms with van der Waals surface area (Å²) in [4.78, 5) is 23.7. The molecule has 30 heavy (non-hydrogen) atoms. The number of anilines is 1. The standard InChI is InChI=1S/C23H30N4O3/c1-16-15-17(2)25-23(24-16)30-21-9-5-19(6-10-21)26-22(28)18-3-7-20(8-4-18)27-11-13-29-14-12-27/h3-4,7-8,15,19,21H,5-6,9-14H2,1-2H3,(H,26,28). The number of rotatable bonds is 5. The Balaban J connectivity index is 1.25. The van der Waals surface area contributed by atoms with Gasteiger partial charge in [0.05, 0.1) is 13.2 Å². The number of aryl methyl sites for hydroxylation is 2. The molecule has 1 saturated carbocycles. The number of benzene rings is 1. The number of nitrogens with zero attached hydrogens (tertiary/aromatic N) is 3. The molecule has 0 spiro atoms. The number of carbonyl (C=O) groups is 1. The van der Waals surface area contributed by atoms with Gasteiger partial charge in [-0.05, 0) is 69.9 Å². The minimum absolute atomic E-state index is 0.00876. The Bertz CT molecular complexity index is 837. The van der Waals surface area contributed by atoms with E-state index in [1.54, 1.807) is 0 Å². The molecule has 0 radical (unpaired) electrons. The quantitative estimate of drug-likeness (QED) is 0.817. The Morgan fingerprint density at radius 2 is 1.67 bits per heavy atom. The first-order chi connectivity index (χ1) is 14.6. The SMILES string of the molecule is Cc1cc(C)nc(OC2CCC(NC(=O)c3ccc(N4CCOCC4)cc3)CC2)n1. The van der Waals surface area contributed by atoms with Gasteiger partial charge in [0.25, 0.3) is 5.91 Å². The number of aromatic nitrogens is 2. The lowest BCUT2D eigenvalue weighted by Crippen LogP contribution is -2.40. The van der Waals surface area contributed by atoms with E-state index >= 15 is 0 Å². The van der Waals surface area contributed by atoms with Gasteiger partial charge in [0.1, 0.15) is 6.10 Å². The van der Waals surface area contributed by atoms with Crippen LogP contribution in [0, 0.1) is 13.8 Å². The molecule has 7 nitrogen and oxygen atoms in total. The van der Waals surface area contributed by atoms with Gasteiger partial charge in [0, 0.05) is 41.8 Å². The molecule has 1 aromatic heterocycles. The van der Waals surface area contributed by atoms with Crippen LogP contribution in [0.1, 0.15) is 47.4 Å². The van der Waals surface area contributed by atoms with Crippen molar-refractivity contribution in [2.24, 2.45) is 0 Å². The maximum Gasteiger partial charge on any atom is 0.317 e. The van der Waals surface area contributed by atoms with Gasteiger partial charge in [-0.25, -0.2) is 9.97 Å². The summed E-state index contributed by atoms with van der Waals surface area (Å²) in [7, 11) is 0. The zero-order valence-electron chi connectivity index (χ0n) is 17.8. The normalized spacial score (nSPS) is 21.9. The predicted molar refractivity (Wildman–Crippen MR) is 115 cm³/mol. The number of nitrogens with one attached hydrogen (secondary N) is 1. The first-order valence-electron chi connectivity index (χ1n) is 10.8. The third kappa shape index (κ3) is 5.27. The monoisotopic (exact) mass is 410 g/mol. The van der Waals surface area contributed by atoms with Crippen molar-refractivity contribution in [3.8, 4) is 6.01 Å². The zero-order chi connectivity index (χ0) is 20.9. The van der Waals surface area contributed by atoms with Crippen LogP contribution in [0.15, 0.2) is 30.3 Å². The van der Waals surface area contributed by atoms with Crippen LogP contribution in [0.4, 0.5) is 5.69 Å². The summed E-state index contributed by atoms with van der Waals surface area (Å²) in [6, 6.07) is 10.4. The highest BCUT2D eigenvalue weighted by atomic mass is 16.5. The molecule has 0 unspecified atom stereocenters. The van der Waals surface area contributed by atoms with E-state index in [-0.39, 0.29) is 18.1 Å². The summed E-state index contributed by atoms with van der Waals surface area (Å²) >= 11 is 0. The number of morpholine rings is 1. The fourth-order valence-electron chi connectivity index (χ4n) is 4.13. The highest BCUT2D eigenvalue weighted by molar-refractivity contribution is 5.94. The Morgan fingerprint density at radius 1 is 1.03 bits per heavy atom. The van der Waals surface area contributed by atoms with Crippen LogP contribution >= 0.6 is 0 Å². The van der Waals surface area contributed by atoms with Crippen LogP contribution in [-0.4, -0.2) is 54.3 Å².